The number of nitrogens with one attached hydrogen (secondary N) is 2. The minimum absolute atomic E-state index is 1.10. The van der Waals surface area contributed by atoms with Crippen LogP contribution >= 0.6 is 12.4 Å². The van der Waals surface area contributed by atoms with Gasteiger partial charge in [-0.2, -0.15) is 0 Å². The Balaban J connectivity index is 1.78. The minimum atomic E-state index is -2.33. The molecular weight excluding hydrogens is 442 g/mol. The largest absolute Gasteiger partial charge is 0.215 e. The van der Waals surface area contributed by atoms with E-state index in [1.807, 2.05) is 72.8 Å². The molecule has 0 aromatic heterocycles. The van der Waals surface area contributed by atoms with Crippen LogP contribution in [0, 0.1) is 0 Å². The molecule has 0 amide bonds. The van der Waals surface area contributed by atoms with Crippen LogP contribution in [0.1, 0.15) is 0 Å². The molecule has 0 aliphatic rings. The van der Waals surface area contributed by atoms with Gasteiger partial charge in [0.2, 0.25) is 0 Å². The Morgan fingerprint density at radius 1 is 0.367 bits per heavy atom. The lowest BCUT2D eigenvalue weighted by Gasteiger charge is -2.31. The van der Waals surface area contributed by atoms with Crippen LogP contribution in [-0.2, 0) is 23.6 Å². The van der Waals surface area contributed by atoms with Crippen molar-refractivity contribution in [2.45, 2.75) is 0 Å². The fourth-order valence-corrected chi connectivity index (χ4v) is 10.1. The average Bonchev–Trinajstić information content (AvgIpc) is 2.84. The van der Waals surface area contributed by atoms with Crippen molar-refractivity contribution in [1.29, 1.82) is 0 Å². The summed E-state index contributed by atoms with van der Waals surface area (Å²) >= 11 is 12.6. The zero-order chi connectivity index (χ0) is 20.9. The van der Waals surface area contributed by atoms with Crippen LogP contribution < -0.4 is 31.6 Å². The second-order valence-corrected chi connectivity index (χ2v) is 15.0. The monoisotopic (exact) mass is 464 g/mol. The molecule has 4 rings (SSSR count). The van der Waals surface area contributed by atoms with Gasteiger partial charge in [0.25, 0.3) is 0 Å². The summed E-state index contributed by atoms with van der Waals surface area (Å²) in [7, 11) is 0. The van der Waals surface area contributed by atoms with Crippen molar-refractivity contribution in [2.24, 2.45) is 0 Å². The smallest absolute Gasteiger partial charge is 0.0815 e. The van der Waals surface area contributed by atoms with Crippen molar-refractivity contribution in [2.75, 3.05) is 0 Å². The first kappa shape index (κ1) is 21.3. The highest BCUT2D eigenvalue weighted by molar-refractivity contribution is 8.22. The van der Waals surface area contributed by atoms with E-state index >= 15 is 0 Å². The average molecular weight is 465 g/mol. The Kier molecular flexibility index (Phi) is 6.75. The van der Waals surface area contributed by atoms with Gasteiger partial charge in [-0.05, 0) is 0 Å². The van der Waals surface area contributed by atoms with Gasteiger partial charge in [-0.25, -0.2) is 10.4 Å². The predicted octanol–water partition coefficient (Wildman–Crippen LogP) is 4.17. The summed E-state index contributed by atoms with van der Waals surface area (Å²) in [6.45, 7) is 0. The van der Waals surface area contributed by atoms with E-state index in [1.54, 1.807) is 0 Å². The van der Waals surface area contributed by atoms with E-state index in [2.05, 4.69) is 58.9 Å². The van der Waals surface area contributed by atoms with Crippen LogP contribution in [0.15, 0.2) is 121 Å². The summed E-state index contributed by atoms with van der Waals surface area (Å²) in [4.78, 5) is 0. The standard InChI is InChI=1S/C24H22N2P2S2/c29-27(21-13-5-1-6-14-21,22-15-7-2-8-16-22)25-26-28(30,23-17-9-3-10-18-23)24-19-11-4-12-20-24/h1-20H,(H,25,29)(H,26,30). The first-order chi connectivity index (χ1) is 14.6. The lowest BCUT2D eigenvalue weighted by atomic mass is 10.4. The number of benzene rings is 4. The van der Waals surface area contributed by atoms with Crippen molar-refractivity contribution >= 4 is 57.2 Å². The zero-order valence-corrected chi connectivity index (χ0v) is 19.7. The molecule has 2 nitrogen and oxygen atoms in total. The Morgan fingerprint density at radius 3 is 0.767 bits per heavy atom. The first-order valence-corrected chi connectivity index (χ1v) is 15.2. The molecule has 0 saturated heterocycles. The van der Waals surface area contributed by atoms with E-state index in [0.29, 0.717) is 0 Å². The number of hydrogen-bond acceptors (Lipinski definition) is 2. The maximum atomic E-state index is 6.31. The van der Waals surface area contributed by atoms with Gasteiger partial charge in [-0.3, -0.25) is 0 Å². The fourth-order valence-electron chi connectivity index (χ4n) is 3.25. The topological polar surface area (TPSA) is 24.1 Å². The molecule has 0 spiro atoms. The van der Waals surface area contributed by atoms with Crippen molar-refractivity contribution in [3.8, 4) is 0 Å². The van der Waals surface area contributed by atoms with E-state index in [4.69, 9.17) is 23.6 Å². The summed E-state index contributed by atoms with van der Waals surface area (Å²) < 4.78 is 0. The van der Waals surface area contributed by atoms with Crippen LogP contribution in [0.5, 0.6) is 0 Å². The number of rotatable bonds is 7. The van der Waals surface area contributed by atoms with Crippen LogP contribution in [0.2, 0.25) is 0 Å². The summed E-state index contributed by atoms with van der Waals surface area (Å²) in [5.74, 6) is 0. The molecule has 0 unspecified atom stereocenters. The normalized spacial score (nSPS) is 11.9. The van der Waals surface area contributed by atoms with Crippen LogP contribution in [0.25, 0.3) is 0 Å². The molecule has 2 N–H and O–H groups in total. The first-order valence-electron chi connectivity index (χ1n) is 9.60. The minimum Gasteiger partial charge on any atom is -0.215 e. The summed E-state index contributed by atoms with van der Waals surface area (Å²) in [5.41, 5.74) is 0. The molecule has 0 saturated carbocycles. The van der Waals surface area contributed by atoms with Gasteiger partial charge in [-0.1, -0.05) is 145 Å². The van der Waals surface area contributed by atoms with E-state index < -0.39 is 12.4 Å². The summed E-state index contributed by atoms with van der Waals surface area (Å²) in [5, 5.41) is 11.6. The van der Waals surface area contributed by atoms with E-state index in [1.165, 1.54) is 0 Å². The van der Waals surface area contributed by atoms with Crippen LogP contribution in [-0.4, -0.2) is 0 Å². The van der Waals surface area contributed by atoms with E-state index in [9.17, 15) is 0 Å². The van der Waals surface area contributed by atoms with Gasteiger partial charge >= 0.3 is 0 Å². The van der Waals surface area contributed by atoms with Gasteiger partial charge in [0.1, 0.15) is 0 Å². The van der Waals surface area contributed by atoms with Gasteiger partial charge in [0.15, 0.2) is 0 Å². The van der Waals surface area contributed by atoms with E-state index in [0.717, 1.165) is 21.2 Å². The third-order valence-corrected chi connectivity index (χ3v) is 13.1. The van der Waals surface area contributed by atoms with Gasteiger partial charge in [-0.15, -0.1) is 0 Å². The summed E-state index contributed by atoms with van der Waals surface area (Å²) in [6.07, 6.45) is -4.66. The highest BCUT2D eigenvalue weighted by Crippen LogP contribution is 2.44. The molecule has 30 heavy (non-hydrogen) atoms. The fraction of sp³-hybridized carbons (Fsp3) is 0. The maximum absolute atomic E-state index is 6.31. The zero-order valence-electron chi connectivity index (χ0n) is 16.3. The van der Waals surface area contributed by atoms with Crippen LogP contribution in [0.4, 0.5) is 0 Å². The molecule has 0 fully saturated rings. The molecule has 0 aliphatic heterocycles. The van der Waals surface area contributed by atoms with Gasteiger partial charge in [0, 0.05) is 21.2 Å². The SMILES string of the molecule is S=P(NNP(=S)(c1ccccc1)c1ccccc1)(c1ccccc1)c1ccccc1. The molecule has 0 atom stereocenters. The third-order valence-electron chi connectivity index (χ3n) is 4.84. The quantitative estimate of drug-likeness (QED) is 0.317. The molecule has 4 aromatic rings. The van der Waals surface area contributed by atoms with Gasteiger partial charge < -0.3 is 0 Å². The molecule has 4 aromatic carbocycles. The molecule has 0 bridgehead atoms. The Labute approximate surface area is 188 Å². The molecular formula is C24H22N2P2S2. The number of hydrogen-bond donors (Lipinski definition) is 2. The second kappa shape index (κ2) is 9.49. The highest BCUT2D eigenvalue weighted by atomic mass is 32.4. The lowest BCUT2D eigenvalue weighted by Crippen LogP contribution is -2.40. The highest BCUT2D eigenvalue weighted by Gasteiger charge is 2.27. The van der Waals surface area contributed by atoms with Gasteiger partial charge in [0.05, 0.1) is 12.4 Å². The Bertz CT molecular complexity index is 1000. The van der Waals surface area contributed by atoms with Crippen molar-refractivity contribution < 1.29 is 0 Å². The van der Waals surface area contributed by atoms with E-state index in [-0.39, 0.29) is 0 Å². The van der Waals surface area contributed by atoms with Crippen LogP contribution in [0.3, 0.4) is 0 Å². The molecule has 6 heteroatoms. The molecule has 0 aliphatic carbocycles. The maximum Gasteiger partial charge on any atom is 0.0815 e. The van der Waals surface area contributed by atoms with Crippen molar-refractivity contribution in [3.63, 3.8) is 0 Å². The third kappa shape index (κ3) is 4.40. The predicted molar refractivity (Wildman–Crippen MR) is 139 cm³/mol. The molecule has 0 radical (unpaired) electrons. The number of hydrazine groups is 1. The van der Waals surface area contributed by atoms with Crippen molar-refractivity contribution in [3.05, 3.63) is 121 Å². The molecule has 0 heterocycles. The summed E-state index contributed by atoms with van der Waals surface area (Å²) in [6, 6.07) is 41.1. The lowest BCUT2D eigenvalue weighted by molar-refractivity contribution is 0.975. The second-order valence-electron chi connectivity index (χ2n) is 6.78. The molecule has 150 valence electrons. The Morgan fingerprint density at radius 2 is 0.567 bits per heavy atom. The van der Waals surface area contributed by atoms with Crippen molar-refractivity contribution in [1.82, 2.24) is 10.4 Å². The Hall–Kier alpha value is -1.90.